The fourth-order valence-corrected chi connectivity index (χ4v) is 4.82. The first-order valence-corrected chi connectivity index (χ1v) is 12.2. The highest BCUT2D eigenvalue weighted by molar-refractivity contribution is 6.07. The number of rotatable bonds is 5. The molecule has 2 aromatic carbocycles. The van der Waals surface area contributed by atoms with E-state index in [0.29, 0.717) is 35.8 Å². The van der Waals surface area contributed by atoms with Crippen LogP contribution in [0, 0.1) is 13.8 Å². The number of benzene rings is 2. The summed E-state index contributed by atoms with van der Waals surface area (Å²) in [7, 11) is 3.12. The summed E-state index contributed by atoms with van der Waals surface area (Å²) in [5, 5.41) is 14.0. The minimum atomic E-state index is -1.14. The Bertz CT molecular complexity index is 1430. The van der Waals surface area contributed by atoms with Gasteiger partial charge in [-0.05, 0) is 66.9 Å². The number of aryl methyl sites for hydroxylation is 1. The Kier molecular flexibility index (Phi) is 6.47. The van der Waals surface area contributed by atoms with Crippen LogP contribution in [0.1, 0.15) is 21.6 Å². The van der Waals surface area contributed by atoms with Gasteiger partial charge in [-0.3, -0.25) is 24.5 Å². The van der Waals surface area contributed by atoms with Crippen LogP contribution in [0.15, 0.2) is 54.6 Å². The molecule has 0 radical (unpaired) electrons. The van der Waals surface area contributed by atoms with Crippen LogP contribution in [0.4, 0.5) is 26.8 Å². The third kappa shape index (κ3) is 4.31. The molecular weight excluding hydrogens is 486 g/mol. The van der Waals surface area contributed by atoms with Crippen molar-refractivity contribution in [2.45, 2.75) is 20.2 Å². The van der Waals surface area contributed by atoms with E-state index in [1.807, 2.05) is 38.1 Å². The number of pyridine rings is 1. The largest absolute Gasteiger partial charge is 0.359 e. The van der Waals surface area contributed by atoms with Crippen LogP contribution >= 0.6 is 0 Å². The van der Waals surface area contributed by atoms with Crippen molar-refractivity contribution in [2.75, 3.05) is 41.9 Å². The molecular formula is C27H29N7O4. The fraction of sp³-hybridized carbons (Fsp3) is 0.259. The van der Waals surface area contributed by atoms with Crippen molar-refractivity contribution < 1.29 is 19.5 Å². The Hall–Kier alpha value is -4.48. The molecule has 2 aliphatic rings. The number of aliphatic hydroxyl groups excluding tert-OH is 1. The van der Waals surface area contributed by atoms with Crippen LogP contribution in [0.2, 0.25) is 0 Å². The van der Waals surface area contributed by atoms with E-state index in [2.05, 4.69) is 10.7 Å². The number of hydrogen-bond acceptors (Lipinski definition) is 6. The van der Waals surface area contributed by atoms with Crippen molar-refractivity contribution in [2.24, 2.45) is 0 Å². The first-order valence-electron chi connectivity index (χ1n) is 12.2. The van der Waals surface area contributed by atoms with E-state index < -0.39 is 6.35 Å². The summed E-state index contributed by atoms with van der Waals surface area (Å²) in [6.07, 6.45) is -1.14. The molecule has 0 saturated carbocycles. The lowest BCUT2D eigenvalue weighted by Crippen LogP contribution is -2.36. The first kappa shape index (κ1) is 25.2. The van der Waals surface area contributed by atoms with Gasteiger partial charge in [0.05, 0.1) is 0 Å². The Morgan fingerprint density at radius 1 is 1.00 bits per heavy atom. The molecule has 5 rings (SSSR count). The molecule has 11 heteroatoms. The molecule has 1 unspecified atom stereocenters. The highest BCUT2D eigenvalue weighted by atomic mass is 16.3. The van der Waals surface area contributed by atoms with Crippen LogP contribution in [-0.4, -0.2) is 66.6 Å². The summed E-state index contributed by atoms with van der Waals surface area (Å²) in [5.74, 6) is 0.365. The van der Waals surface area contributed by atoms with E-state index >= 15 is 0 Å². The van der Waals surface area contributed by atoms with Gasteiger partial charge >= 0.3 is 12.1 Å². The quantitative estimate of drug-likeness (QED) is 0.481. The second-order valence-corrected chi connectivity index (χ2v) is 9.24. The second kappa shape index (κ2) is 9.77. The molecule has 1 aromatic heterocycles. The van der Waals surface area contributed by atoms with Crippen LogP contribution in [-0.2, 0) is 0 Å². The number of nitrogens with one attached hydrogen (secondary N) is 2. The maximum Gasteiger partial charge on any atom is 0.341 e. The number of hydrogen-bond donors (Lipinski definition) is 3. The molecule has 5 amide bonds. The summed E-state index contributed by atoms with van der Waals surface area (Å²) < 4.78 is 0. The predicted octanol–water partition coefficient (Wildman–Crippen LogP) is 2.82. The number of carbonyl (C=O) groups is 3. The standard InChI is InChI=1S/C27H29N7O4/c1-16-14-22(18-8-10-20(11-9-18)34-25(36)30-31(4)26(34)37)17(2)23(29-16)33-13-12-32(27(33)38)21-7-5-6-19(15-21)24(35)28-3/h5-11,14-15,25,30,36H,12-13H2,1-4H3,(H,28,35). The fourth-order valence-electron chi connectivity index (χ4n) is 4.82. The van der Waals surface area contributed by atoms with Crippen LogP contribution in [0.5, 0.6) is 0 Å². The third-order valence-corrected chi connectivity index (χ3v) is 6.79. The highest BCUT2D eigenvalue weighted by Gasteiger charge is 2.35. The molecule has 0 spiro atoms. The van der Waals surface area contributed by atoms with Gasteiger partial charge in [0.25, 0.3) is 5.91 Å². The van der Waals surface area contributed by atoms with Gasteiger partial charge in [-0.25, -0.2) is 14.6 Å². The monoisotopic (exact) mass is 515 g/mol. The average Bonchev–Trinajstić information content (AvgIpc) is 3.42. The Morgan fingerprint density at radius 2 is 1.71 bits per heavy atom. The summed E-state index contributed by atoms with van der Waals surface area (Å²) in [5.41, 5.74) is 7.74. The number of carbonyl (C=O) groups excluding carboxylic acids is 3. The zero-order chi connectivity index (χ0) is 27.1. The summed E-state index contributed by atoms with van der Waals surface area (Å²) in [6, 6.07) is 15.7. The number of aromatic nitrogens is 1. The Labute approximate surface area is 220 Å². The number of hydrazine groups is 1. The molecule has 3 N–H and O–H groups in total. The van der Waals surface area contributed by atoms with Crippen molar-refractivity contribution in [3.05, 3.63) is 71.4 Å². The van der Waals surface area contributed by atoms with E-state index in [4.69, 9.17) is 4.98 Å². The minimum absolute atomic E-state index is 0.209. The summed E-state index contributed by atoms with van der Waals surface area (Å²) in [4.78, 5) is 47.2. The maximum atomic E-state index is 13.5. The molecule has 0 bridgehead atoms. The normalized spacial score (nSPS) is 17.6. The van der Waals surface area contributed by atoms with Gasteiger partial charge in [0.1, 0.15) is 5.82 Å². The zero-order valence-corrected chi connectivity index (χ0v) is 21.6. The average molecular weight is 516 g/mol. The van der Waals surface area contributed by atoms with Gasteiger partial charge < -0.3 is 10.4 Å². The van der Waals surface area contributed by atoms with Crippen molar-refractivity contribution in [3.63, 3.8) is 0 Å². The lowest BCUT2D eigenvalue weighted by molar-refractivity contribution is 0.0963. The van der Waals surface area contributed by atoms with Crippen molar-refractivity contribution >= 4 is 35.2 Å². The molecule has 196 valence electrons. The van der Waals surface area contributed by atoms with Gasteiger partial charge in [-0.15, -0.1) is 0 Å². The molecule has 0 aliphatic carbocycles. The van der Waals surface area contributed by atoms with Crippen LogP contribution in [0.25, 0.3) is 11.1 Å². The summed E-state index contributed by atoms with van der Waals surface area (Å²) in [6.45, 7) is 4.73. The molecule has 2 saturated heterocycles. The van der Waals surface area contributed by atoms with E-state index in [0.717, 1.165) is 22.4 Å². The maximum absolute atomic E-state index is 13.5. The van der Waals surface area contributed by atoms with Crippen molar-refractivity contribution in [1.29, 1.82) is 0 Å². The van der Waals surface area contributed by atoms with Crippen molar-refractivity contribution in [3.8, 4) is 11.1 Å². The van der Waals surface area contributed by atoms with Gasteiger partial charge in [0.2, 0.25) is 6.35 Å². The lowest BCUT2D eigenvalue weighted by Gasteiger charge is -2.22. The van der Waals surface area contributed by atoms with E-state index in [9.17, 15) is 19.5 Å². The molecule has 1 atom stereocenters. The molecule has 38 heavy (non-hydrogen) atoms. The van der Waals surface area contributed by atoms with E-state index in [1.54, 1.807) is 54.2 Å². The number of nitrogens with zero attached hydrogens (tertiary/aromatic N) is 5. The first-order chi connectivity index (χ1) is 18.2. The van der Waals surface area contributed by atoms with Gasteiger partial charge in [-0.2, -0.15) is 5.43 Å². The topological polar surface area (TPSA) is 121 Å². The molecule has 2 aliphatic heterocycles. The number of amides is 5. The van der Waals surface area contributed by atoms with E-state index in [-0.39, 0.29) is 18.0 Å². The minimum Gasteiger partial charge on any atom is -0.359 e. The van der Waals surface area contributed by atoms with E-state index in [1.165, 1.54) is 9.91 Å². The Morgan fingerprint density at radius 3 is 2.37 bits per heavy atom. The van der Waals surface area contributed by atoms with Gasteiger partial charge in [-0.1, -0.05) is 18.2 Å². The SMILES string of the molecule is CNC(=O)c1cccc(N2CCN(c3nc(C)cc(-c4ccc(N5C(=O)N(C)NC5O)cc4)c3C)C2=O)c1. The van der Waals surface area contributed by atoms with Gasteiger partial charge in [0.15, 0.2) is 0 Å². The number of urea groups is 2. The third-order valence-electron chi connectivity index (χ3n) is 6.79. The van der Waals surface area contributed by atoms with Crippen LogP contribution < -0.4 is 25.4 Å². The zero-order valence-electron chi connectivity index (χ0n) is 21.6. The molecule has 3 aromatic rings. The van der Waals surface area contributed by atoms with Crippen LogP contribution in [0.3, 0.4) is 0 Å². The van der Waals surface area contributed by atoms with Crippen molar-refractivity contribution in [1.82, 2.24) is 20.7 Å². The predicted molar refractivity (Wildman–Crippen MR) is 144 cm³/mol. The molecule has 2 fully saturated rings. The lowest BCUT2D eigenvalue weighted by atomic mass is 10.00. The molecule has 3 heterocycles. The smallest absolute Gasteiger partial charge is 0.341 e. The second-order valence-electron chi connectivity index (χ2n) is 9.24. The van der Waals surface area contributed by atoms with Gasteiger partial charge in [0, 0.05) is 49.8 Å². The summed E-state index contributed by atoms with van der Waals surface area (Å²) >= 11 is 0. The highest BCUT2D eigenvalue weighted by Crippen LogP contribution is 2.34. The number of aliphatic hydroxyl groups is 1. The Balaban J connectivity index is 1.43. The number of anilines is 3. The molecule has 11 nitrogen and oxygen atoms in total.